The Bertz CT molecular complexity index is 558. The van der Waals surface area contributed by atoms with Gasteiger partial charge < -0.3 is 9.80 Å². The second kappa shape index (κ2) is 7.16. The molecule has 126 valence electrons. The van der Waals surface area contributed by atoms with Crippen LogP contribution in [0.5, 0.6) is 0 Å². The summed E-state index contributed by atoms with van der Waals surface area (Å²) in [7, 11) is 0. The van der Waals surface area contributed by atoms with Crippen LogP contribution < -0.4 is 0 Å². The molecule has 1 aliphatic rings. The fourth-order valence-electron chi connectivity index (χ4n) is 2.81. The second-order valence-electron chi connectivity index (χ2n) is 7.63. The normalized spacial score (nSPS) is 16.2. The largest absolute Gasteiger partial charge is 0.341 e. The van der Waals surface area contributed by atoms with Gasteiger partial charge in [-0.3, -0.25) is 9.59 Å². The van der Waals surface area contributed by atoms with Crippen molar-refractivity contribution in [2.75, 3.05) is 26.2 Å². The molecular weight excluding hydrogens is 288 g/mol. The lowest BCUT2D eigenvalue weighted by Crippen LogP contribution is -2.38. The van der Waals surface area contributed by atoms with Gasteiger partial charge in [0.1, 0.15) is 0 Å². The quantitative estimate of drug-likeness (QED) is 0.841. The average molecular weight is 316 g/mol. The highest BCUT2D eigenvalue weighted by Crippen LogP contribution is 2.20. The van der Waals surface area contributed by atoms with E-state index in [9.17, 15) is 9.59 Å². The summed E-state index contributed by atoms with van der Waals surface area (Å²) in [5, 5.41) is 0. The molecule has 2 amide bonds. The van der Waals surface area contributed by atoms with E-state index in [1.165, 1.54) is 0 Å². The van der Waals surface area contributed by atoms with Gasteiger partial charge in [0.25, 0.3) is 5.91 Å². The molecule has 0 bridgehead atoms. The highest BCUT2D eigenvalue weighted by Gasteiger charge is 2.25. The topological polar surface area (TPSA) is 40.6 Å². The van der Waals surface area contributed by atoms with Crippen LogP contribution in [-0.2, 0) is 4.79 Å². The van der Waals surface area contributed by atoms with Gasteiger partial charge in [0, 0.05) is 38.2 Å². The van der Waals surface area contributed by atoms with Gasteiger partial charge in [0.15, 0.2) is 0 Å². The second-order valence-corrected chi connectivity index (χ2v) is 7.63. The number of benzene rings is 1. The van der Waals surface area contributed by atoms with Gasteiger partial charge in [-0.2, -0.15) is 0 Å². The third-order valence-electron chi connectivity index (χ3n) is 4.12. The summed E-state index contributed by atoms with van der Waals surface area (Å²) in [6.07, 6.45) is 1.40. The molecule has 1 heterocycles. The van der Waals surface area contributed by atoms with Gasteiger partial charge in [0.05, 0.1) is 0 Å². The Morgan fingerprint density at radius 1 is 0.957 bits per heavy atom. The Morgan fingerprint density at radius 2 is 1.52 bits per heavy atom. The van der Waals surface area contributed by atoms with Crippen molar-refractivity contribution in [3.05, 3.63) is 35.4 Å². The molecule has 1 saturated heterocycles. The van der Waals surface area contributed by atoms with Gasteiger partial charge in [-0.15, -0.1) is 0 Å². The van der Waals surface area contributed by atoms with Gasteiger partial charge in [0.2, 0.25) is 5.91 Å². The minimum Gasteiger partial charge on any atom is -0.341 e. The van der Waals surface area contributed by atoms with Crippen LogP contribution >= 0.6 is 0 Å². The predicted molar refractivity (Wildman–Crippen MR) is 92.4 cm³/mol. The maximum absolute atomic E-state index is 12.6. The lowest BCUT2D eigenvalue weighted by molar-refractivity contribution is -0.132. The van der Waals surface area contributed by atoms with Crippen molar-refractivity contribution in [1.82, 2.24) is 9.80 Å². The van der Waals surface area contributed by atoms with Crippen LogP contribution in [0, 0.1) is 12.3 Å². The molecule has 2 rings (SSSR count). The van der Waals surface area contributed by atoms with Crippen LogP contribution in [-0.4, -0.2) is 47.8 Å². The maximum atomic E-state index is 12.6. The minimum absolute atomic E-state index is 0.000786. The van der Waals surface area contributed by atoms with Crippen LogP contribution in [0.4, 0.5) is 0 Å². The summed E-state index contributed by atoms with van der Waals surface area (Å²) in [5.74, 6) is 0.261. The molecule has 0 spiro atoms. The summed E-state index contributed by atoms with van der Waals surface area (Å²) in [5.41, 5.74) is 1.88. The van der Waals surface area contributed by atoms with Crippen molar-refractivity contribution in [2.24, 2.45) is 5.41 Å². The zero-order valence-corrected chi connectivity index (χ0v) is 14.8. The molecular formula is C19H28N2O2. The van der Waals surface area contributed by atoms with Crippen molar-refractivity contribution in [3.8, 4) is 0 Å². The standard InChI is InChI=1S/C19H28N2O2/c1-15-6-8-16(9-7-15)18(23)21-11-5-10-20(12-13-21)17(22)14-19(2,3)4/h6-9H,5,10-14H2,1-4H3. The molecule has 0 atom stereocenters. The number of hydrogen-bond acceptors (Lipinski definition) is 2. The summed E-state index contributed by atoms with van der Waals surface area (Å²) >= 11 is 0. The zero-order chi connectivity index (χ0) is 17.0. The molecule has 1 aliphatic heterocycles. The summed E-state index contributed by atoms with van der Waals surface area (Å²) in [4.78, 5) is 28.7. The Labute approximate surface area is 139 Å². The van der Waals surface area contributed by atoms with Gasteiger partial charge >= 0.3 is 0 Å². The van der Waals surface area contributed by atoms with Crippen LogP contribution in [0.25, 0.3) is 0 Å². The first-order chi connectivity index (χ1) is 10.8. The number of amides is 2. The van der Waals surface area contributed by atoms with E-state index >= 15 is 0 Å². The van der Waals surface area contributed by atoms with Crippen LogP contribution in [0.2, 0.25) is 0 Å². The predicted octanol–water partition coefficient (Wildman–Crippen LogP) is 3.11. The fraction of sp³-hybridized carbons (Fsp3) is 0.579. The number of carbonyl (C=O) groups is 2. The molecule has 1 aromatic carbocycles. The van der Waals surface area contributed by atoms with Crippen LogP contribution in [0.3, 0.4) is 0 Å². The van der Waals surface area contributed by atoms with Crippen molar-refractivity contribution < 1.29 is 9.59 Å². The minimum atomic E-state index is 0.000786. The zero-order valence-electron chi connectivity index (χ0n) is 14.8. The third kappa shape index (κ3) is 5.08. The molecule has 1 fully saturated rings. The summed E-state index contributed by atoms with van der Waals surface area (Å²) in [6, 6.07) is 7.69. The van der Waals surface area contributed by atoms with Gasteiger partial charge in [-0.25, -0.2) is 0 Å². The number of nitrogens with zero attached hydrogens (tertiary/aromatic N) is 2. The summed E-state index contributed by atoms with van der Waals surface area (Å²) < 4.78 is 0. The lowest BCUT2D eigenvalue weighted by atomic mass is 9.91. The Kier molecular flexibility index (Phi) is 5.45. The summed E-state index contributed by atoms with van der Waals surface area (Å²) in [6.45, 7) is 11.0. The first kappa shape index (κ1) is 17.5. The highest BCUT2D eigenvalue weighted by molar-refractivity contribution is 5.94. The third-order valence-corrected chi connectivity index (χ3v) is 4.12. The molecule has 4 nitrogen and oxygen atoms in total. The highest BCUT2D eigenvalue weighted by atomic mass is 16.2. The molecule has 0 unspecified atom stereocenters. The number of aryl methyl sites for hydroxylation is 1. The van der Waals surface area contributed by atoms with Crippen LogP contribution in [0.15, 0.2) is 24.3 Å². The van der Waals surface area contributed by atoms with Crippen molar-refractivity contribution in [2.45, 2.75) is 40.5 Å². The Morgan fingerprint density at radius 3 is 2.13 bits per heavy atom. The van der Waals surface area contributed by atoms with E-state index in [0.717, 1.165) is 24.1 Å². The van der Waals surface area contributed by atoms with E-state index in [-0.39, 0.29) is 17.2 Å². The first-order valence-corrected chi connectivity index (χ1v) is 8.40. The Balaban J connectivity index is 1.97. The number of hydrogen-bond donors (Lipinski definition) is 0. The Hall–Kier alpha value is -1.84. The van der Waals surface area contributed by atoms with E-state index in [1.54, 1.807) is 0 Å². The van der Waals surface area contributed by atoms with E-state index in [0.29, 0.717) is 26.1 Å². The van der Waals surface area contributed by atoms with Crippen molar-refractivity contribution >= 4 is 11.8 Å². The van der Waals surface area contributed by atoms with E-state index in [1.807, 2.05) is 41.0 Å². The lowest BCUT2D eigenvalue weighted by Gasteiger charge is -2.25. The van der Waals surface area contributed by atoms with E-state index in [2.05, 4.69) is 20.8 Å². The van der Waals surface area contributed by atoms with E-state index < -0.39 is 0 Å². The van der Waals surface area contributed by atoms with Crippen molar-refractivity contribution in [3.63, 3.8) is 0 Å². The molecule has 1 aromatic rings. The van der Waals surface area contributed by atoms with Gasteiger partial charge in [-0.1, -0.05) is 38.5 Å². The van der Waals surface area contributed by atoms with E-state index in [4.69, 9.17) is 0 Å². The SMILES string of the molecule is Cc1ccc(C(=O)N2CCCN(C(=O)CC(C)(C)C)CC2)cc1. The molecule has 4 heteroatoms. The molecule has 0 N–H and O–H groups in total. The molecule has 0 aromatic heterocycles. The average Bonchev–Trinajstić information content (AvgIpc) is 2.71. The van der Waals surface area contributed by atoms with Gasteiger partial charge in [-0.05, 0) is 30.9 Å². The molecule has 0 saturated carbocycles. The number of carbonyl (C=O) groups excluding carboxylic acids is 2. The monoisotopic (exact) mass is 316 g/mol. The smallest absolute Gasteiger partial charge is 0.253 e. The number of rotatable bonds is 2. The molecule has 0 aliphatic carbocycles. The fourth-order valence-corrected chi connectivity index (χ4v) is 2.81. The molecule has 0 radical (unpaired) electrons. The maximum Gasteiger partial charge on any atom is 0.253 e. The first-order valence-electron chi connectivity index (χ1n) is 8.40. The van der Waals surface area contributed by atoms with Crippen LogP contribution in [0.1, 0.15) is 49.5 Å². The molecule has 23 heavy (non-hydrogen) atoms. The van der Waals surface area contributed by atoms with Crippen molar-refractivity contribution in [1.29, 1.82) is 0 Å².